The van der Waals surface area contributed by atoms with E-state index in [4.69, 9.17) is 4.74 Å². The molecule has 4 aromatic rings. The number of H-pyrrole nitrogens is 1. The summed E-state index contributed by atoms with van der Waals surface area (Å²) in [5.41, 5.74) is 5.48. The zero-order valence-electron chi connectivity index (χ0n) is 20.2. The summed E-state index contributed by atoms with van der Waals surface area (Å²) in [6, 6.07) is 11.8. The number of nitrogens with zero attached hydrogens (tertiary/aromatic N) is 2. The number of ether oxygens (including phenoxy) is 1. The molecule has 0 saturated heterocycles. The van der Waals surface area contributed by atoms with Crippen LogP contribution in [0.2, 0.25) is 0 Å². The lowest BCUT2D eigenvalue weighted by molar-refractivity contribution is 0.0952. The van der Waals surface area contributed by atoms with Gasteiger partial charge in [0.05, 0.1) is 7.11 Å². The largest absolute Gasteiger partial charge is 0.481 e. The average Bonchev–Trinajstić information content (AvgIpc) is 3.26. The molecule has 3 aromatic heterocycles. The molecule has 2 N–H and O–H groups in total. The molecule has 0 bridgehead atoms. The Morgan fingerprint density at radius 3 is 2.62 bits per heavy atom. The number of nitrogens with one attached hydrogen (secondary N) is 2. The van der Waals surface area contributed by atoms with Gasteiger partial charge in [-0.15, -0.1) is 0 Å². The molecule has 0 spiro atoms. The number of hydrogen-bond donors (Lipinski definition) is 2. The predicted molar refractivity (Wildman–Crippen MR) is 134 cm³/mol. The zero-order chi connectivity index (χ0) is 24.4. The van der Waals surface area contributed by atoms with Crippen molar-refractivity contribution in [3.8, 4) is 17.0 Å². The minimum Gasteiger partial charge on any atom is -0.481 e. The van der Waals surface area contributed by atoms with Crippen molar-refractivity contribution in [2.75, 3.05) is 7.11 Å². The van der Waals surface area contributed by atoms with Crippen LogP contribution in [0, 0.1) is 6.92 Å². The molecule has 34 heavy (non-hydrogen) atoms. The van der Waals surface area contributed by atoms with E-state index < -0.39 is 0 Å². The van der Waals surface area contributed by atoms with Crippen molar-refractivity contribution in [3.05, 3.63) is 81.5 Å². The molecule has 7 nitrogen and oxygen atoms in total. The van der Waals surface area contributed by atoms with Crippen molar-refractivity contribution >= 4 is 16.8 Å². The van der Waals surface area contributed by atoms with E-state index in [-0.39, 0.29) is 24.1 Å². The lowest BCUT2D eigenvalue weighted by Crippen LogP contribution is -2.28. The van der Waals surface area contributed by atoms with Crippen molar-refractivity contribution in [1.29, 1.82) is 0 Å². The minimum absolute atomic E-state index is 0.161. The Labute approximate surface area is 198 Å². The highest BCUT2D eigenvalue weighted by molar-refractivity contribution is 6.08. The van der Waals surface area contributed by atoms with Gasteiger partial charge >= 0.3 is 0 Å². The number of amides is 1. The maximum atomic E-state index is 13.4. The van der Waals surface area contributed by atoms with Crippen LogP contribution in [0.15, 0.2) is 53.6 Å². The highest BCUT2D eigenvalue weighted by Gasteiger charge is 2.17. The summed E-state index contributed by atoms with van der Waals surface area (Å²) in [7, 11) is 1.58. The molecule has 0 aliphatic heterocycles. The van der Waals surface area contributed by atoms with E-state index in [1.54, 1.807) is 19.4 Å². The molecule has 1 aromatic carbocycles. The number of hydrogen-bond acceptors (Lipinski definition) is 4. The van der Waals surface area contributed by atoms with E-state index >= 15 is 0 Å². The van der Waals surface area contributed by atoms with Crippen LogP contribution >= 0.6 is 0 Å². The fourth-order valence-corrected chi connectivity index (χ4v) is 4.30. The summed E-state index contributed by atoms with van der Waals surface area (Å²) < 4.78 is 7.32. The molecular formula is C27H30N4O3. The maximum Gasteiger partial charge on any atom is 0.253 e. The molecule has 0 unspecified atom stereocenters. The van der Waals surface area contributed by atoms with E-state index in [0.29, 0.717) is 17.0 Å². The number of fused-ring (bicyclic) bond motifs is 1. The third-order valence-electron chi connectivity index (χ3n) is 6.09. The molecule has 176 valence electrons. The molecule has 4 rings (SSSR count). The van der Waals surface area contributed by atoms with Crippen molar-refractivity contribution in [2.45, 2.75) is 46.7 Å². The Morgan fingerprint density at radius 1 is 1.18 bits per heavy atom. The number of carbonyl (C=O) groups is 1. The summed E-state index contributed by atoms with van der Waals surface area (Å²) in [4.78, 5) is 33.1. The van der Waals surface area contributed by atoms with Crippen molar-refractivity contribution in [2.24, 2.45) is 0 Å². The van der Waals surface area contributed by atoms with Crippen LogP contribution in [-0.4, -0.2) is 27.6 Å². The lowest BCUT2D eigenvalue weighted by Gasteiger charge is -2.14. The molecular weight excluding hydrogens is 428 g/mol. The first kappa shape index (κ1) is 23.3. The van der Waals surface area contributed by atoms with Gasteiger partial charge in [0.2, 0.25) is 5.88 Å². The van der Waals surface area contributed by atoms with Gasteiger partial charge in [-0.2, -0.15) is 0 Å². The van der Waals surface area contributed by atoms with Crippen molar-refractivity contribution < 1.29 is 9.53 Å². The highest BCUT2D eigenvalue weighted by Crippen LogP contribution is 2.30. The molecule has 0 aliphatic carbocycles. The number of rotatable bonds is 7. The Balaban J connectivity index is 1.75. The van der Waals surface area contributed by atoms with Gasteiger partial charge in [-0.1, -0.05) is 6.92 Å². The smallest absolute Gasteiger partial charge is 0.253 e. The summed E-state index contributed by atoms with van der Waals surface area (Å²) >= 11 is 0. The van der Waals surface area contributed by atoms with Gasteiger partial charge in [0.25, 0.3) is 11.5 Å². The number of carbonyl (C=O) groups excluding carboxylic acids is 1. The van der Waals surface area contributed by atoms with Crippen LogP contribution in [-0.2, 0) is 13.0 Å². The normalized spacial score (nSPS) is 11.2. The fraction of sp³-hybridized carbons (Fsp3) is 0.296. The van der Waals surface area contributed by atoms with Gasteiger partial charge in [0.1, 0.15) is 0 Å². The highest BCUT2D eigenvalue weighted by atomic mass is 16.5. The monoisotopic (exact) mass is 458 g/mol. The van der Waals surface area contributed by atoms with Crippen LogP contribution in [0.1, 0.15) is 54.0 Å². The van der Waals surface area contributed by atoms with Crippen LogP contribution < -0.4 is 15.6 Å². The van der Waals surface area contributed by atoms with Crippen molar-refractivity contribution in [3.63, 3.8) is 0 Å². The van der Waals surface area contributed by atoms with Gasteiger partial charge in [-0.25, -0.2) is 4.98 Å². The summed E-state index contributed by atoms with van der Waals surface area (Å²) in [5, 5.41) is 3.84. The number of aromatic nitrogens is 3. The Kier molecular flexibility index (Phi) is 6.54. The predicted octanol–water partition coefficient (Wildman–Crippen LogP) is 4.78. The van der Waals surface area contributed by atoms with E-state index in [0.717, 1.165) is 39.7 Å². The summed E-state index contributed by atoms with van der Waals surface area (Å²) in [6.45, 7) is 8.24. The second kappa shape index (κ2) is 9.55. The molecule has 0 saturated carbocycles. The Morgan fingerprint density at radius 2 is 1.97 bits per heavy atom. The first-order valence-electron chi connectivity index (χ1n) is 11.5. The van der Waals surface area contributed by atoms with Gasteiger partial charge in [0.15, 0.2) is 0 Å². The topological polar surface area (TPSA) is 89.0 Å². The minimum atomic E-state index is -0.225. The fourth-order valence-electron chi connectivity index (χ4n) is 4.30. The number of pyridine rings is 2. The molecule has 0 fully saturated rings. The second-order valence-electron chi connectivity index (χ2n) is 8.68. The lowest BCUT2D eigenvalue weighted by atomic mass is 10.00. The average molecular weight is 459 g/mol. The van der Waals surface area contributed by atoms with Crippen LogP contribution in [0.5, 0.6) is 5.88 Å². The van der Waals surface area contributed by atoms with Crippen LogP contribution in [0.4, 0.5) is 0 Å². The van der Waals surface area contributed by atoms with Gasteiger partial charge in [-0.3, -0.25) is 9.59 Å². The number of aryl methyl sites for hydroxylation is 2. The molecule has 1 amide bonds. The Hall–Kier alpha value is -3.87. The standard InChI is InChI=1S/C27H30N4O3/c1-6-18-11-17(4)30-27(33)23(18)15-29-26(32)22-12-20(19-7-8-25(34-5)28-14-19)13-24-21(22)9-10-31(24)16(2)3/h7-14,16H,6,15H2,1-5H3,(H,29,32)(H,30,33). The van der Waals surface area contributed by atoms with E-state index in [2.05, 4.69) is 39.8 Å². The SMILES string of the molecule is CCc1cc(C)[nH]c(=O)c1CNC(=O)c1cc(-c2ccc(OC)nc2)cc2c1ccn2C(C)C. The molecule has 7 heteroatoms. The Bertz CT molecular complexity index is 1400. The van der Waals surface area contributed by atoms with Gasteiger partial charge in [-0.05, 0) is 68.7 Å². The third kappa shape index (κ3) is 4.46. The molecule has 0 atom stereocenters. The number of methoxy groups -OCH3 is 1. The summed E-state index contributed by atoms with van der Waals surface area (Å²) in [6.07, 6.45) is 4.46. The van der Waals surface area contributed by atoms with Crippen LogP contribution in [0.3, 0.4) is 0 Å². The van der Waals surface area contributed by atoms with Gasteiger partial charge in [0, 0.05) is 64.3 Å². The first-order valence-corrected chi connectivity index (χ1v) is 11.5. The first-order chi connectivity index (χ1) is 16.3. The summed E-state index contributed by atoms with van der Waals surface area (Å²) in [5.74, 6) is 0.306. The zero-order valence-corrected chi connectivity index (χ0v) is 20.2. The van der Waals surface area contributed by atoms with Gasteiger partial charge < -0.3 is 19.6 Å². The quantitative estimate of drug-likeness (QED) is 0.417. The molecule has 3 heterocycles. The van der Waals surface area contributed by atoms with Crippen LogP contribution in [0.25, 0.3) is 22.0 Å². The van der Waals surface area contributed by atoms with E-state index in [1.165, 1.54) is 0 Å². The van der Waals surface area contributed by atoms with Crippen molar-refractivity contribution in [1.82, 2.24) is 19.9 Å². The van der Waals surface area contributed by atoms with E-state index in [1.807, 2.05) is 44.3 Å². The second-order valence-corrected chi connectivity index (χ2v) is 8.68. The third-order valence-corrected chi connectivity index (χ3v) is 6.09. The van der Waals surface area contributed by atoms with E-state index in [9.17, 15) is 9.59 Å². The molecule has 0 aliphatic rings. The maximum absolute atomic E-state index is 13.4. The molecule has 0 radical (unpaired) electrons. The number of benzene rings is 1. The number of aromatic amines is 1.